The quantitative estimate of drug-likeness (QED) is 0.581. The standard InChI is InChI=1S/C24H27ClN4O2/c25-20-10-3-1-8-18(20)22(28-13-5-6-14-28)16-26-23(30)12-7-15-29-17-27-21-11-4-2-9-19(21)24(29)31/h1-4,8-11,17,22H,5-7,12-16H2,(H,26,30). The monoisotopic (exact) mass is 438 g/mol. The summed E-state index contributed by atoms with van der Waals surface area (Å²) >= 11 is 6.44. The number of hydrogen-bond acceptors (Lipinski definition) is 4. The van der Waals surface area contributed by atoms with E-state index in [9.17, 15) is 9.59 Å². The average Bonchev–Trinajstić information content (AvgIpc) is 3.31. The third kappa shape index (κ3) is 5.14. The number of halogens is 1. The van der Waals surface area contributed by atoms with Crippen molar-refractivity contribution in [1.29, 1.82) is 0 Å². The van der Waals surface area contributed by atoms with E-state index < -0.39 is 0 Å². The summed E-state index contributed by atoms with van der Waals surface area (Å²) in [4.78, 5) is 31.8. The van der Waals surface area contributed by atoms with Crippen LogP contribution < -0.4 is 10.9 Å². The predicted octanol–water partition coefficient (Wildman–Crippen LogP) is 3.78. The first kappa shape index (κ1) is 21.5. The lowest BCUT2D eigenvalue weighted by molar-refractivity contribution is -0.121. The maximum atomic E-state index is 12.6. The first-order valence-electron chi connectivity index (χ1n) is 10.8. The van der Waals surface area contributed by atoms with Crippen LogP contribution >= 0.6 is 11.6 Å². The minimum absolute atomic E-state index is 0.0157. The van der Waals surface area contributed by atoms with Crippen molar-refractivity contribution in [3.8, 4) is 0 Å². The molecule has 1 aromatic heterocycles. The van der Waals surface area contributed by atoms with Crippen molar-refractivity contribution in [2.24, 2.45) is 0 Å². The molecule has 7 heteroatoms. The van der Waals surface area contributed by atoms with Crippen molar-refractivity contribution < 1.29 is 4.79 Å². The topological polar surface area (TPSA) is 67.2 Å². The van der Waals surface area contributed by atoms with E-state index in [1.165, 1.54) is 12.8 Å². The van der Waals surface area contributed by atoms with Gasteiger partial charge in [-0.05, 0) is 56.1 Å². The van der Waals surface area contributed by atoms with E-state index in [-0.39, 0.29) is 17.5 Å². The van der Waals surface area contributed by atoms with Crippen LogP contribution in [-0.4, -0.2) is 40.0 Å². The lowest BCUT2D eigenvalue weighted by Gasteiger charge is -2.29. The molecule has 1 aliphatic rings. The molecule has 1 amide bonds. The lowest BCUT2D eigenvalue weighted by Crippen LogP contribution is -2.37. The highest BCUT2D eigenvalue weighted by molar-refractivity contribution is 6.31. The Hall–Kier alpha value is -2.70. The zero-order valence-corrected chi connectivity index (χ0v) is 18.2. The van der Waals surface area contributed by atoms with Crippen LogP contribution in [0, 0.1) is 0 Å². The fourth-order valence-corrected chi connectivity index (χ4v) is 4.47. The van der Waals surface area contributed by atoms with Crippen molar-refractivity contribution in [3.05, 3.63) is 75.8 Å². The molecule has 0 spiro atoms. The summed E-state index contributed by atoms with van der Waals surface area (Å²) in [6, 6.07) is 15.2. The van der Waals surface area contributed by atoms with Crippen molar-refractivity contribution in [2.75, 3.05) is 19.6 Å². The van der Waals surface area contributed by atoms with E-state index in [0.717, 1.165) is 23.7 Å². The highest BCUT2D eigenvalue weighted by atomic mass is 35.5. The van der Waals surface area contributed by atoms with E-state index in [0.29, 0.717) is 36.8 Å². The molecule has 1 saturated heterocycles. The average molecular weight is 439 g/mol. The van der Waals surface area contributed by atoms with Gasteiger partial charge in [-0.1, -0.05) is 41.9 Å². The Morgan fingerprint density at radius 1 is 1.10 bits per heavy atom. The number of fused-ring (bicyclic) bond motifs is 1. The lowest BCUT2D eigenvalue weighted by atomic mass is 10.1. The number of likely N-dealkylation sites (tertiary alicyclic amines) is 1. The van der Waals surface area contributed by atoms with Crippen LogP contribution in [0.5, 0.6) is 0 Å². The van der Waals surface area contributed by atoms with Gasteiger partial charge in [0.05, 0.1) is 23.3 Å². The highest BCUT2D eigenvalue weighted by Gasteiger charge is 2.25. The Kier molecular flexibility index (Phi) is 6.99. The molecule has 0 aliphatic carbocycles. The van der Waals surface area contributed by atoms with Crippen molar-refractivity contribution in [2.45, 2.75) is 38.3 Å². The van der Waals surface area contributed by atoms with Crippen LogP contribution in [0.3, 0.4) is 0 Å². The van der Waals surface area contributed by atoms with Crippen LogP contribution in [0.15, 0.2) is 59.7 Å². The number of benzene rings is 2. The summed E-state index contributed by atoms with van der Waals surface area (Å²) in [5.41, 5.74) is 1.67. The largest absolute Gasteiger partial charge is 0.354 e. The van der Waals surface area contributed by atoms with Gasteiger partial charge >= 0.3 is 0 Å². The second kappa shape index (κ2) is 10.1. The predicted molar refractivity (Wildman–Crippen MR) is 123 cm³/mol. The molecule has 1 atom stereocenters. The van der Waals surface area contributed by atoms with Gasteiger partial charge in [-0.15, -0.1) is 0 Å². The number of aryl methyl sites for hydroxylation is 1. The van der Waals surface area contributed by atoms with E-state index in [4.69, 9.17) is 11.6 Å². The maximum absolute atomic E-state index is 12.6. The number of nitrogens with zero attached hydrogens (tertiary/aromatic N) is 3. The first-order valence-corrected chi connectivity index (χ1v) is 11.2. The Morgan fingerprint density at radius 3 is 2.65 bits per heavy atom. The van der Waals surface area contributed by atoms with Crippen molar-refractivity contribution >= 4 is 28.4 Å². The molecule has 4 rings (SSSR count). The van der Waals surface area contributed by atoms with Crippen LogP contribution in [0.1, 0.15) is 37.3 Å². The van der Waals surface area contributed by atoms with Gasteiger partial charge in [-0.3, -0.25) is 19.1 Å². The van der Waals surface area contributed by atoms with E-state index >= 15 is 0 Å². The molecule has 1 unspecified atom stereocenters. The van der Waals surface area contributed by atoms with Gasteiger partial charge in [0.2, 0.25) is 5.91 Å². The summed E-state index contributed by atoms with van der Waals surface area (Å²) in [6.07, 6.45) is 4.83. The van der Waals surface area contributed by atoms with Crippen LogP contribution in [0.2, 0.25) is 5.02 Å². The first-order chi connectivity index (χ1) is 15.1. The van der Waals surface area contributed by atoms with Gasteiger partial charge in [0.1, 0.15) is 0 Å². The molecule has 2 aromatic carbocycles. The molecule has 2 heterocycles. The number of rotatable bonds is 8. The second-order valence-electron chi connectivity index (χ2n) is 7.95. The zero-order chi connectivity index (χ0) is 21.6. The molecule has 1 aliphatic heterocycles. The summed E-state index contributed by atoms with van der Waals surface area (Å²) in [6.45, 7) is 3.03. The van der Waals surface area contributed by atoms with Crippen molar-refractivity contribution in [1.82, 2.24) is 19.8 Å². The summed E-state index contributed by atoms with van der Waals surface area (Å²) in [5.74, 6) is -0.0157. The van der Waals surface area contributed by atoms with E-state index in [1.807, 2.05) is 42.5 Å². The normalized spacial score (nSPS) is 15.3. The molecule has 162 valence electrons. The number of carbonyl (C=O) groups excluding carboxylic acids is 1. The molecular weight excluding hydrogens is 412 g/mol. The van der Waals surface area contributed by atoms with Gasteiger partial charge in [-0.2, -0.15) is 0 Å². The molecule has 1 fully saturated rings. The van der Waals surface area contributed by atoms with Crippen molar-refractivity contribution in [3.63, 3.8) is 0 Å². The molecule has 6 nitrogen and oxygen atoms in total. The Morgan fingerprint density at radius 2 is 1.84 bits per heavy atom. The minimum Gasteiger partial charge on any atom is -0.354 e. The Labute approximate surface area is 186 Å². The molecule has 3 aromatic rings. The molecule has 1 N–H and O–H groups in total. The number of nitrogens with one attached hydrogen (secondary N) is 1. The number of amides is 1. The smallest absolute Gasteiger partial charge is 0.261 e. The minimum atomic E-state index is -0.0705. The fraction of sp³-hybridized carbons (Fsp3) is 0.375. The van der Waals surface area contributed by atoms with Gasteiger partial charge in [0, 0.05) is 24.5 Å². The Bertz CT molecular complexity index is 1110. The third-order valence-corrected chi connectivity index (χ3v) is 6.22. The SMILES string of the molecule is O=C(CCCn1cnc2ccccc2c1=O)NCC(c1ccccc1Cl)N1CCCC1. The third-order valence-electron chi connectivity index (χ3n) is 5.87. The Balaban J connectivity index is 1.33. The summed E-state index contributed by atoms with van der Waals surface area (Å²) < 4.78 is 1.58. The molecular formula is C24H27ClN4O2. The highest BCUT2D eigenvalue weighted by Crippen LogP contribution is 2.29. The molecule has 0 bridgehead atoms. The second-order valence-corrected chi connectivity index (χ2v) is 8.36. The van der Waals surface area contributed by atoms with E-state index in [2.05, 4.69) is 15.2 Å². The van der Waals surface area contributed by atoms with Gasteiger partial charge < -0.3 is 5.32 Å². The van der Waals surface area contributed by atoms with Crippen LogP contribution in [0.25, 0.3) is 10.9 Å². The van der Waals surface area contributed by atoms with Gasteiger partial charge in [0.15, 0.2) is 0 Å². The number of carbonyl (C=O) groups is 1. The number of hydrogen-bond donors (Lipinski definition) is 1. The maximum Gasteiger partial charge on any atom is 0.261 e. The zero-order valence-electron chi connectivity index (χ0n) is 17.5. The number of para-hydroxylation sites is 1. The fourth-order valence-electron chi connectivity index (χ4n) is 4.21. The number of aromatic nitrogens is 2. The summed E-state index contributed by atoms with van der Waals surface area (Å²) in [5, 5.41) is 4.41. The molecule has 0 saturated carbocycles. The van der Waals surface area contributed by atoms with Crippen LogP contribution in [-0.2, 0) is 11.3 Å². The molecule has 31 heavy (non-hydrogen) atoms. The van der Waals surface area contributed by atoms with Gasteiger partial charge in [0.25, 0.3) is 5.56 Å². The van der Waals surface area contributed by atoms with Crippen LogP contribution in [0.4, 0.5) is 0 Å². The van der Waals surface area contributed by atoms with Gasteiger partial charge in [-0.25, -0.2) is 4.98 Å². The molecule has 0 radical (unpaired) electrons. The van der Waals surface area contributed by atoms with E-state index in [1.54, 1.807) is 17.0 Å². The summed E-state index contributed by atoms with van der Waals surface area (Å²) in [7, 11) is 0.